The van der Waals surface area contributed by atoms with Crippen molar-refractivity contribution in [3.8, 4) is 0 Å². The zero-order chi connectivity index (χ0) is 7.98. The number of halogens is 1. The summed E-state index contributed by atoms with van der Waals surface area (Å²) in [5.41, 5.74) is 0. The second kappa shape index (κ2) is 8.40. The molecule has 0 radical (unpaired) electrons. The van der Waals surface area contributed by atoms with Crippen LogP contribution in [0.15, 0.2) is 0 Å². The summed E-state index contributed by atoms with van der Waals surface area (Å²) in [6.45, 7) is 2.03. The molecule has 0 saturated carbocycles. The van der Waals surface area contributed by atoms with Gasteiger partial charge in [-0.25, -0.2) is 0 Å². The molecule has 0 N–H and O–H groups in total. The fourth-order valence-corrected chi connectivity index (χ4v) is 1.26. The largest absolute Gasteiger partial charge is 1.00 e. The quantitative estimate of drug-likeness (QED) is 0.319. The molecular weight excluding hydrogens is 228 g/mol. The number of hydrogen-bond acceptors (Lipinski definition) is 2. The minimum atomic E-state index is -0.174. The monoisotopic (exact) mass is 242 g/mol. The Labute approximate surface area is 81.8 Å². The molecule has 0 amide bonds. The molecule has 0 aliphatic carbocycles. The molecule has 0 heterocycles. The van der Waals surface area contributed by atoms with Gasteiger partial charge in [-0.3, -0.25) is 4.79 Å². The van der Waals surface area contributed by atoms with E-state index in [1.165, 1.54) is 6.92 Å². The van der Waals surface area contributed by atoms with Crippen LogP contribution in [0.3, 0.4) is 0 Å². The highest BCUT2D eigenvalue weighted by Crippen LogP contribution is 1.90. The van der Waals surface area contributed by atoms with Gasteiger partial charge in [0.25, 0.3) is 0 Å². The van der Waals surface area contributed by atoms with Crippen molar-refractivity contribution in [2.24, 2.45) is 0 Å². The van der Waals surface area contributed by atoms with Crippen LogP contribution < -0.4 is 17.0 Å². The summed E-state index contributed by atoms with van der Waals surface area (Å²) in [4.78, 5) is 10.3. The molecule has 0 aromatic heterocycles. The fourth-order valence-electron chi connectivity index (χ4n) is 0.563. The molecule has 0 rings (SSSR count). The average molecular weight is 243 g/mol. The minimum Gasteiger partial charge on any atom is -1.00 e. The molecule has 4 heteroatoms. The van der Waals surface area contributed by atoms with Crippen LogP contribution in [-0.4, -0.2) is 30.8 Å². The van der Waals surface area contributed by atoms with Crippen LogP contribution in [0.1, 0.15) is 13.3 Å². The van der Waals surface area contributed by atoms with Crippen molar-refractivity contribution in [3.63, 3.8) is 0 Å². The summed E-state index contributed by atoms with van der Waals surface area (Å²) in [7, 11) is 0.478. The van der Waals surface area contributed by atoms with Gasteiger partial charge in [-0.1, -0.05) is 0 Å². The van der Waals surface area contributed by atoms with Gasteiger partial charge in [0.05, 0.1) is 19.1 Å². The SMILES string of the molecule is CC(=O)OCCC[S+](C)C.[Br-]. The smallest absolute Gasteiger partial charge is 0.302 e. The second-order valence-electron chi connectivity index (χ2n) is 2.38. The van der Waals surface area contributed by atoms with E-state index in [1.807, 2.05) is 0 Å². The molecule has 0 aromatic carbocycles. The first-order valence-corrected chi connectivity index (χ1v) is 5.51. The van der Waals surface area contributed by atoms with Gasteiger partial charge in [0.2, 0.25) is 0 Å². The molecule has 0 aliphatic heterocycles. The summed E-state index contributed by atoms with van der Waals surface area (Å²) in [5, 5.41) is 0. The van der Waals surface area contributed by atoms with Crippen LogP contribution in [0.2, 0.25) is 0 Å². The number of ether oxygens (including phenoxy) is 1. The van der Waals surface area contributed by atoms with Gasteiger partial charge in [-0.2, -0.15) is 0 Å². The first-order valence-electron chi connectivity index (χ1n) is 3.30. The maximum absolute atomic E-state index is 10.3. The second-order valence-corrected chi connectivity index (χ2v) is 4.76. The fraction of sp³-hybridized carbons (Fsp3) is 0.857. The number of hydrogen-bond donors (Lipinski definition) is 0. The van der Waals surface area contributed by atoms with Crippen molar-refractivity contribution in [1.82, 2.24) is 0 Å². The van der Waals surface area contributed by atoms with Crippen molar-refractivity contribution in [2.45, 2.75) is 13.3 Å². The van der Waals surface area contributed by atoms with E-state index in [-0.39, 0.29) is 23.0 Å². The van der Waals surface area contributed by atoms with E-state index in [9.17, 15) is 4.79 Å². The van der Waals surface area contributed by atoms with Gasteiger partial charge in [0, 0.05) is 13.3 Å². The summed E-state index contributed by atoms with van der Waals surface area (Å²) < 4.78 is 4.76. The third-order valence-corrected chi connectivity index (χ3v) is 2.11. The Morgan fingerprint density at radius 2 is 2.00 bits per heavy atom. The molecule has 0 saturated heterocycles. The number of esters is 1. The van der Waals surface area contributed by atoms with Gasteiger partial charge in [-0.15, -0.1) is 0 Å². The van der Waals surface area contributed by atoms with E-state index in [4.69, 9.17) is 4.74 Å². The lowest BCUT2D eigenvalue weighted by atomic mass is 10.5. The minimum absolute atomic E-state index is 0. The van der Waals surface area contributed by atoms with Gasteiger partial charge in [0.15, 0.2) is 0 Å². The van der Waals surface area contributed by atoms with Crippen molar-refractivity contribution >= 4 is 16.9 Å². The maximum atomic E-state index is 10.3. The highest BCUT2D eigenvalue weighted by atomic mass is 79.9. The molecule has 0 spiro atoms. The standard InChI is InChI=1S/C7H15O2S.BrH/c1-7(8)9-5-4-6-10(2)3;/h4-6H2,1-3H3;1H/q+1;/p-1. The normalized spacial score (nSPS) is 9.09. The summed E-state index contributed by atoms with van der Waals surface area (Å²) in [6, 6.07) is 0. The lowest BCUT2D eigenvalue weighted by Crippen LogP contribution is -3.00. The van der Waals surface area contributed by atoms with Crippen LogP contribution in [0.25, 0.3) is 0 Å². The first kappa shape index (κ1) is 13.9. The van der Waals surface area contributed by atoms with Crippen molar-refractivity contribution in [2.75, 3.05) is 24.9 Å². The van der Waals surface area contributed by atoms with Crippen LogP contribution in [0.4, 0.5) is 0 Å². The third-order valence-electron chi connectivity index (χ3n) is 1.00. The van der Waals surface area contributed by atoms with E-state index in [0.29, 0.717) is 17.5 Å². The Bertz CT molecular complexity index is 107. The lowest BCUT2D eigenvalue weighted by Gasteiger charge is -1.98. The Balaban J connectivity index is 0. The zero-order valence-electron chi connectivity index (χ0n) is 7.22. The van der Waals surface area contributed by atoms with Crippen LogP contribution in [-0.2, 0) is 20.4 Å². The van der Waals surface area contributed by atoms with E-state index in [0.717, 1.165) is 12.2 Å². The molecule has 68 valence electrons. The van der Waals surface area contributed by atoms with Gasteiger partial charge in [-0.05, 0) is 10.9 Å². The zero-order valence-corrected chi connectivity index (χ0v) is 9.63. The first-order chi connectivity index (χ1) is 4.63. The van der Waals surface area contributed by atoms with Crippen molar-refractivity contribution in [1.29, 1.82) is 0 Å². The molecule has 0 bridgehead atoms. The van der Waals surface area contributed by atoms with Crippen molar-refractivity contribution < 1.29 is 26.5 Å². The van der Waals surface area contributed by atoms with E-state index in [1.54, 1.807) is 0 Å². The highest BCUT2D eigenvalue weighted by molar-refractivity contribution is 7.95. The highest BCUT2D eigenvalue weighted by Gasteiger charge is 2.01. The van der Waals surface area contributed by atoms with Crippen LogP contribution in [0.5, 0.6) is 0 Å². The van der Waals surface area contributed by atoms with Gasteiger partial charge < -0.3 is 21.7 Å². The Kier molecular flexibility index (Phi) is 10.6. The molecule has 11 heavy (non-hydrogen) atoms. The molecule has 0 unspecified atom stereocenters. The third kappa shape index (κ3) is 13.3. The van der Waals surface area contributed by atoms with Crippen molar-refractivity contribution in [3.05, 3.63) is 0 Å². The molecule has 0 aliphatic rings. The Hall–Kier alpha value is 0.300. The predicted octanol–water partition coefficient (Wildman–Crippen LogP) is -2.18. The summed E-state index contributed by atoms with van der Waals surface area (Å²) >= 11 is 0. The lowest BCUT2D eigenvalue weighted by molar-refractivity contribution is -0.140. The average Bonchev–Trinajstić information content (AvgIpc) is 1.79. The molecule has 0 atom stereocenters. The van der Waals surface area contributed by atoms with Gasteiger partial charge >= 0.3 is 5.97 Å². The number of carbonyl (C=O) groups is 1. The number of rotatable bonds is 4. The molecular formula is C7H15BrO2S. The van der Waals surface area contributed by atoms with E-state index < -0.39 is 0 Å². The maximum Gasteiger partial charge on any atom is 0.302 e. The van der Waals surface area contributed by atoms with Crippen LogP contribution >= 0.6 is 0 Å². The topological polar surface area (TPSA) is 26.3 Å². The molecule has 0 aromatic rings. The van der Waals surface area contributed by atoms with E-state index in [2.05, 4.69) is 12.5 Å². The molecule has 0 fully saturated rings. The number of carbonyl (C=O) groups excluding carboxylic acids is 1. The Morgan fingerprint density at radius 1 is 1.45 bits per heavy atom. The summed E-state index contributed by atoms with van der Waals surface area (Å²) in [6.07, 6.45) is 5.37. The molecule has 2 nitrogen and oxygen atoms in total. The Morgan fingerprint density at radius 3 is 2.36 bits per heavy atom. The van der Waals surface area contributed by atoms with Gasteiger partial charge in [0.1, 0.15) is 5.75 Å². The predicted molar refractivity (Wildman–Crippen MR) is 45.3 cm³/mol. The summed E-state index contributed by atoms with van der Waals surface area (Å²) in [5.74, 6) is 0.986. The van der Waals surface area contributed by atoms with E-state index >= 15 is 0 Å². The van der Waals surface area contributed by atoms with Crippen LogP contribution in [0, 0.1) is 0 Å².